The first-order valence-corrected chi connectivity index (χ1v) is 9.00. The largest absolute Gasteiger partial charge is 0.375 e. The van der Waals surface area contributed by atoms with Crippen LogP contribution in [0.25, 0.3) is 0 Å². The lowest BCUT2D eigenvalue weighted by atomic mass is 10.0. The number of morpholine rings is 1. The molecule has 1 saturated heterocycles. The molecule has 0 unspecified atom stereocenters. The van der Waals surface area contributed by atoms with Gasteiger partial charge in [0.2, 0.25) is 5.91 Å². The van der Waals surface area contributed by atoms with Crippen molar-refractivity contribution in [2.75, 3.05) is 19.8 Å². The van der Waals surface area contributed by atoms with E-state index in [2.05, 4.69) is 17.1 Å². The van der Waals surface area contributed by atoms with E-state index in [1.54, 1.807) is 0 Å². The van der Waals surface area contributed by atoms with Crippen molar-refractivity contribution in [3.63, 3.8) is 0 Å². The van der Waals surface area contributed by atoms with E-state index in [4.69, 9.17) is 9.47 Å². The molecule has 3 fully saturated rings. The van der Waals surface area contributed by atoms with Crippen LogP contribution in [0.5, 0.6) is 0 Å². The van der Waals surface area contributed by atoms with Crippen molar-refractivity contribution in [1.29, 1.82) is 0 Å². The molecule has 1 amide bonds. The number of hydrogen-bond acceptors (Lipinski definition) is 3. The van der Waals surface area contributed by atoms with E-state index < -0.39 is 0 Å². The second-order valence-corrected chi connectivity index (χ2v) is 7.35. The van der Waals surface area contributed by atoms with Crippen LogP contribution in [-0.2, 0) is 14.3 Å². The molecule has 1 heterocycles. The van der Waals surface area contributed by atoms with Crippen LogP contribution >= 0.6 is 0 Å². The van der Waals surface area contributed by atoms with Gasteiger partial charge in [0, 0.05) is 19.6 Å². The van der Waals surface area contributed by atoms with Crippen LogP contribution in [-0.4, -0.2) is 48.8 Å². The Kier molecular flexibility index (Phi) is 4.23. The van der Waals surface area contributed by atoms with E-state index >= 15 is 0 Å². The fourth-order valence-corrected chi connectivity index (χ4v) is 4.15. The number of hydrogen-bond donors (Lipinski definition) is 0. The summed E-state index contributed by atoms with van der Waals surface area (Å²) in [6, 6.07) is 0.246. The predicted octanol–water partition coefficient (Wildman–Crippen LogP) is 2.53. The van der Waals surface area contributed by atoms with E-state index in [1.807, 2.05) is 0 Å². The highest BCUT2D eigenvalue weighted by atomic mass is 16.5. The van der Waals surface area contributed by atoms with Crippen LogP contribution in [0.3, 0.4) is 0 Å². The Hall–Kier alpha value is -0.870. The molecule has 0 N–H and O–H groups in total. The molecule has 4 rings (SSSR count). The third kappa shape index (κ3) is 3.09. The normalized spacial score (nSPS) is 37.5. The van der Waals surface area contributed by atoms with E-state index in [-0.39, 0.29) is 18.2 Å². The van der Waals surface area contributed by atoms with Crippen LogP contribution in [0, 0.1) is 11.8 Å². The van der Waals surface area contributed by atoms with Gasteiger partial charge in [-0.15, -0.1) is 0 Å². The second-order valence-electron chi connectivity index (χ2n) is 7.35. The number of carbonyl (C=O) groups is 1. The molecule has 4 atom stereocenters. The number of nitrogens with zero attached hydrogens (tertiary/aromatic N) is 1. The van der Waals surface area contributed by atoms with Crippen molar-refractivity contribution in [3.8, 4) is 0 Å². The molecule has 0 spiro atoms. The molecular formula is C18H27NO3. The molecule has 0 aromatic heterocycles. The van der Waals surface area contributed by atoms with Gasteiger partial charge < -0.3 is 14.4 Å². The van der Waals surface area contributed by atoms with Gasteiger partial charge in [-0.3, -0.25) is 4.79 Å². The minimum atomic E-state index is 0.107. The number of ether oxygens (including phenoxy) is 2. The van der Waals surface area contributed by atoms with Crippen LogP contribution in [0.15, 0.2) is 12.2 Å². The summed E-state index contributed by atoms with van der Waals surface area (Å²) in [5.74, 6) is 1.56. The summed E-state index contributed by atoms with van der Waals surface area (Å²) in [5, 5.41) is 0. The number of fused-ring (bicyclic) bond motifs is 1. The first kappa shape index (κ1) is 14.7. The summed E-state index contributed by atoms with van der Waals surface area (Å²) < 4.78 is 12.1. The SMILES string of the molecule is O=C(C[C@H]1C=CCC1)N1CCO[C@H]2[C@@H](OCC3CC3)CC[C@@H]21. The van der Waals surface area contributed by atoms with Crippen molar-refractivity contribution in [3.05, 3.63) is 12.2 Å². The van der Waals surface area contributed by atoms with Crippen LogP contribution < -0.4 is 0 Å². The maximum atomic E-state index is 12.7. The molecule has 4 aliphatic rings. The Morgan fingerprint density at radius 2 is 2.14 bits per heavy atom. The van der Waals surface area contributed by atoms with Gasteiger partial charge in [0.1, 0.15) is 6.10 Å². The zero-order chi connectivity index (χ0) is 14.9. The Morgan fingerprint density at radius 3 is 2.91 bits per heavy atom. The highest BCUT2D eigenvalue weighted by Gasteiger charge is 2.45. The number of amides is 1. The second kappa shape index (κ2) is 6.32. The molecule has 0 aromatic carbocycles. The highest BCUT2D eigenvalue weighted by molar-refractivity contribution is 5.77. The van der Waals surface area contributed by atoms with E-state index in [1.165, 1.54) is 12.8 Å². The first-order valence-electron chi connectivity index (χ1n) is 9.00. The number of carbonyl (C=O) groups excluding carboxylic acids is 1. The molecule has 2 saturated carbocycles. The minimum absolute atomic E-state index is 0.107. The Balaban J connectivity index is 1.34. The Morgan fingerprint density at radius 1 is 1.23 bits per heavy atom. The van der Waals surface area contributed by atoms with Gasteiger partial charge in [0.15, 0.2) is 0 Å². The molecule has 4 nitrogen and oxygen atoms in total. The molecule has 0 aromatic rings. The molecule has 0 bridgehead atoms. The van der Waals surface area contributed by atoms with Gasteiger partial charge in [0.25, 0.3) is 0 Å². The van der Waals surface area contributed by atoms with Crippen molar-refractivity contribution >= 4 is 5.91 Å². The lowest BCUT2D eigenvalue weighted by Crippen LogP contribution is -2.54. The average Bonchev–Trinajstić information content (AvgIpc) is 3.05. The number of rotatable bonds is 5. The Labute approximate surface area is 132 Å². The monoisotopic (exact) mass is 305 g/mol. The maximum Gasteiger partial charge on any atom is 0.223 e. The third-order valence-electron chi connectivity index (χ3n) is 5.65. The average molecular weight is 305 g/mol. The summed E-state index contributed by atoms with van der Waals surface area (Å²) in [4.78, 5) is 14.8. The zero-order valence-corrected chi connectivity index (χ0v) is 13.3. The van der Waals surface area contributed by atoms with E-state index in [0.717, 1.165) is 44.8 Å². The first-order chi connectivity index (χ1) is 10.8. The van der Waals surface area contributed by atoms with Gasteiger partial charge in [0.05, 0.1) is 18.8 Å². The lowest BCUT2D eigenvalue weighted by Gasteiger charge is -2.39. The Bertz CT molecular complexity index is 446. The predicted molar refractivity (Wildman–Crippen MR) is 83.4 cm³/mol. The third-order valence-corrected chi connectivity index (χ3v) is 5.65. The summed E-state index contributed by atoms with van der Waals surface area (Å²) in [6.45, 7) is 2.31. The topological polar surface area (TPSA) is 38.8 Å². The summed E-state index contributed by atoms with van der Waals surface area (Å²) in [5.41, 5.74) is 0. The lowest BCUT2D eigenvalue weighted by molar-refractivity contribution is -0.152. The number of allylic oxidation sites excluding steroid dienone is 2. The standard InChI is InChI=1S/C18H27NO3/c20-17(11-13-3-1-2-4-13)19-9-10-21-18-15(19)7-8-16(18)22-12-14-5-6-14/h1,3,13-16,18H,2,4-12H2/t13-,15-,16-,18+/m0/s1. The molecule has 22 heavy (non-hydrogen) atoms. The highest BCUT2D eigenvalue weighted by Crippen LogP contribution is 2.36. The van der Waals surface area contributed by atoms with Gasteiger partial charge >= 0.3 is 0 Å². The summed E-state index contributed by atoms with van der Waals surface area (Å²) >= 11 is 0. The summed E-state index contributed by atoms with van der Waals surface area (Å²) in [7, 11) is 0. The van der Waals surface area contributed by atoms with Crippen molar-refractivity contribution in [2.45, 2.75) is 63.2 Å². The van der Waals surface area contributed by atoms with Gasteiger partial charge in [-0.05, 0) is 50.4 Å². The molecule has 122 valence electrons. The van der Waals surface area contributed by atoms with Crippen molar-refractivity contribution in [2.24, 2.45) is 11.8 Å². The van der Waals surface area contributed by atoms with E-state index in [0.29, 0.717) is 24.9 Å². The smallest absolute Gasteiger partial charge is 0.223 e. The van der Waals surface area contributed by atoms with Gasteiger partial charge in [-0.25, -0.2) is 0 Å². The maximum absolute atomic E-state index is 12.7. The molecule has 0 radical (unpaired) electrons. The minimum Gasteiger partial charge on any atom is -0.375 e. The fourth-order valence-electron chi connectivity index (χ4n) is 4.15. The van der Waals surface area contributed by atoms with Crippen LogP contribution in [0.4, 0.5) is 0 Å². The summed E-state index contributed by atoms with van der Waals surface area (Å²) in [6.07, 6.45) is 12.4. The van der Waals surface area contributed by atoms with Crippen LogP contribution in [0.2, 0.25) is 0 Å². The van der Waals surface area contributed by atoms with Gasteiger partial charge in [-0.1, -0.05) is 12.2 Å². The van der Waals surface area contributed by atoms with Crippen LogP contribution in [0.1, 0.15) is 44.9 Å². The molecule has 1 aliphatic heterocycles. The van der Waals surface area contributed by atoms with Crippen molar-refractivity contribution in [1.82, 2.24) is 4.90 Å². The van der Waals surface area contributed by atoms with E-state index in [9.17, 15) is 4.79 Å². The fraction of sp³-hybridized carbons (Fsp3) is 0.833. The molecule has 4 heteroatoms. The molecule has 3 aliphatic carbocycles. The zero-order valence-electron chi connectivity index (χ0n) is 13.3. The van der Waals surface area contributed by atoms with Crippen molar-refractivity contribution < 1.29 is 14.3 Å². The quantitative estimate of drug-likeness (QED) is 0.733. The van der Waals surface area contributed by atoms with Gasteiger partial charge in [-0.2, -0.15) is 0 Å². The molecular weight excluding hydrogens is 278 g/mol.